The lowest BCUT2D eigenvalue weighted by atomic mass is 10.0. The molecule has 5 heteroatoms. The molecule has 0 saturated carbocycles. The zero-order valence-corrected chi connectivity index (χ0v) is 11.4. The van der Waals surface area contributed by atoms with E-state index in [1.54, 1.807) is 0 Å². The number of nitrogens with zero attached hydrogens (tertiary/aromatic N) is 1. The summed E-state index contributed by atoms with van der Waals surface area (Å²) in [6, 6.07) is 3.71. The van der Waals surface area contributed by atoms with Crippen LogP contribution in [-0.2, 0) is 0 Å². The molecule has 0 aliphatic carbocycles. The number of halogens is 2. The van der Waals surface area contributed by atoms with Gasteiger partial charge in [-0.15, -0.1) is 0 Å². The van der Waals surface area contributed by atoms with E-state index in [1.165, 1.54) is 0 Å². The number of nitrogens with one attached hydrogen (secondary N) is 2. The molecule has 2 rings (SSSR count). The molecule has 1 heterocycles. The largest absolute Gasteiger partial charge is 0.354 e. The molecule has 1 aliphatic heterocycles. The highest BCUT2D eigenvalue weighted by molar-refractivity contribution is 6.36. The fourth-order valence-corrected chi connectivity index (χ4v) is 2.60. The SMILES string of the molecule is CC(C)c1cc(Cl)cc(N2CCNC2=N)c1Cl. The summed E-state index contributed by atoms with van der Waals surface area (Å²) in [4.78, 5) is 1.85. The van der Waals surface area contributed by atoms with Gasteiger partial charge in [0.05, 0.1) is 10.7 Å². The number of rotatable bonds is 2. The Labute approximate surface area is 111 Å². The van der Waals surface area contributed by atoms with Crippen molar-refractivity contribution < 1.29 is 0 Å². The lowest BCUT2D eigenvalue weighted by Gasteiger charge is -2.21. The predicted molar refractivity (Wildman–Crippen MR) is 73.6 cm³/mol. The maximum absolute atomic E-state index is 7.80. The summed E-state index contributed by atoms with van der Waals surface area (Å²) < 4.78 is 0. The summed E-state index contributed by atoms with van der Waals surface area (Å²) >= 11 is 12.5. The van der Waals surface area contributed by atoms with Gasteiger partial charge in [0.15, 0.2) is 5.96 Å². The maximum Gasteiger partial charge on any atom is 0.195 e. The number of guanidine groups is 1. The van der Waals surface area contributed by atoms with Crippen LogP contribution in [0.2, 0.25) is 10.0 Å². The average Bonchev–Trinajstić information content (AvgIpc) is 2.67. The Morgan fingerprint density at radius 1 is 1.35 bits per heavy atom. The van der Waals surface area contributed by atoms with Gasteiger partial charge in [0.1, 0.15) is 0 Å². The molecule has 0 radical (unpaired) electrons. The molecule has 1 saturated heterocycles. The number of hydrogen-bond donors (Lipinski definition) is 2. The van der Waals surface area contributed by atoms with Crippen LogP contribution in [0.15, 0.2) is 12.1 Å². The van der Waals surface area contributed by atoms with E-state index in [0.717, 1.165) is 24.3 Å². The van der Waals surface area contributed by atoms with E-state index < -0.39 is 0 Å². The van der Waals surface area contributed by atoms with Gasteiger partial charge in [-0.25, -0.2) is 0 Å². The Bertz CT molecular complexity index is 457. The zero-order valence-electron chi connectivity index (χ0n) is 9.85. The molecule has 1 fully saturated rings. The van der Waals surface area contributed by atoms with Gasteiger partial charge in [0.25, 0.3) is 0 Å². The van der Waals surface area contributed by atoms with Crippen LogP contribution in [0.3, 0.4) is 0 Å². The molecule has 0 aromatic heterocycles. The molecule has 0 bridgehead atoms. The first-order valence-electron chi connectivity index (χ1n) is 5.59. The third kappa shape index (κ3) is 2.35. The summed E-state index contributed by atoms with van der Waals surface area (Å²) in [6.07, 6.45) is 0. The van der Waals surface area contributed by atoms with Gasteiger partial charge in [0.2, 0.25) is 0 Å². The summed E-state index contributed by atoms with van der Waals surface area (Å²) in [7, 11) is 0. The van der Waals surface area contributed by atoms with Gasteiger partial charge in [-0.05, 0) is 23.6 Å². The quantitative estimate of drug-likeness (QED) is 0.865. The van der Waals surface area contributed by atoms with Crippen molar-refractivity contribution in [3.63, 3.8) is 0 Å². The lowest BCUT2D eigenvalue weighted by molar-refractivity contribution is 0.865. The third-order valence-electron chi connectivity index (χ3n) is 2.86. The van der Waals surface area contributed by atoms with Gasteiger partial charge >= 0.3 is 0 Å². The number of benzene rings is 1. The minimum Gasteiger partial charge on any atom is -0.354 e. The van der Waals surface area contributed by atoms with Crippen LogP contribution in [-0.4, -0.2) is 19.0 Å². The first-order valence-corrected chi connectivity index (χ1v) is 6.35. The van der Waals surface area contributed by atoms with Crippen molar-refractivity contribution >= 4 is 34.8 Å². The number of anilines is 1. The highest BCUT2D eigenvalue weighted by Gasteiger charge is 2.22. The second kappa shape index (κ2) is 4.75. The molecule has 92 valence electrons. The van der Waals surface area contributed by atoms with Crippen molar-refractivity contribution in [1.82, 2.24) is 5.32 Å². The monoisotopic (exact) mass is 271 g/mol. The van der Waals surface area contributed by atoms with E-state index in [-0.39, 0.29) is 0 Å². The van der Waals surface area contributed by atoms with Gasteiger partial charge in [0, 0.05) is 18.1 Å². The molecule has 0 atom stereocenters. The van der Waals surface area contributed by atoms with E-state index in [0.29, 0.717) is 21.9 Å². The van der Waals surface area contributed by atoms with Crippen molar-refractivity contribution in [3.8, 4) is 0 Å². The molecule has 0 spiro atoms. The third-order valence-corrected chi connectivity index (χ3v) is 3.49. The molecular formula is C12H15Cl2N3. The van der Waals surface area contributed by atoms with Gasteiger partial charge in [-0.3, -0.25) is 5.41 Å². The minimum atomic E-state index is 0.310. The highest BCUT2D eigenvalue weighted by Crippen LogP contribution is 2.36. The molecule has 3 nitrogen and oxygen atoms in total. The first kappa shape index (κ1) is 12.5. The van der Waals surface area contributed by atoms with Crippen molar-refractivity contribution in [3.05, 3.63) is 27.7 Å². The molecule has 2 N–H and O–H groups in total. The van der Waals surface area contributed by atoms with Crippen LogP contribution in [0.1, 0.15) is 25.3 Å². The van der Waals surface area contributed by atoms with Crippen molar-refractivity contribution in [2.75, 3.05) is 18.0 Å². The summed E-state index contributed by atoms with van der Waals surface area (Å²) in [5.74, 6) is 0.688. The Balaban J connectivity index is 2.50. The Morgan fingerprint density at radius 3 is 2.59 bits per heavy atom. The summed E-state index contributed by atoms with van der Waals surface area (Å²) in [5.41, 5.74) is 1.84. The zero-order chi connectivity index (χ0) is 12.6. The minimum absolute atomic E-state index is 0.310. The van der Waals surface area contributed by atoms with E-state index in [9.17, 15) is 0 Å². The van der Waals surface area contributed by atoms with Gasteiger partial charge < -0.3 is 10.2 Å². The van der Waals surface area contributed by atoms with E-state index in [1.807, 2.05) is 17.0 Å². The van der Waals surface area contributed by atoms with Gasteiger partial charge in [-0.2, -0.15) is 0 Å². The Hall–Kier alpha value is -0.930. The van der Waals surface area contributed by atoms with E-state index in [2.05, 4.69) is 19.2 Å². The molecule has 1 aromatic rings. The van der Waals surface area contributed by atoms with Gasteiger partial charge in [-0.1, -0.05) is 37.0 Å². The van der Waals surface area contributed by atoms with Crippen molar-refractivity contribution in [2.24, 2.45) is 0 Å². The molecule has 1 aliphatic rings. The Kier molecular flexibility index (Phi) is 3.50. The summed E-state index contributed by atoms with van der Waals surface area (Å²) in [5, 5.41) is 12.1. The van der Waals surface area contributed by atoms with Crippen LogP contribution in [0.4, 0.5) is 5.69 Å². The Morgan fingerprint density at radius 2 is 2.06 bits per heavy atom. The fraction of sp³-hybridized carbons (Fsp3) is 0.417. The molecule has 0 amide bonds. The smallest absolute Gasteiger partial charge is 0.195 e. The van der Waals surface area contributed by atoms with E-state index >= 15 is 0 Å². The number of hydrogen-bond acceptors (Lipinski definition) is 1. The van der Waals surface area contributed by atoms with E-state index in [4.69, 9.17) is 28.6 Å². The lowest BCUT2D eigenvalue weighted by Crippen LogP contribution is -2.29. The van der Waals surface area contributed by atoms with Crippen LogP contribution in [0, 0.1) is 5.41 Å². The highest BCUT2D eigenvalue weighted by atomic mass is 35.5. The van der Waals surface area contributed by atoms with Crippen molar-refractivity contribution in [2.45, 2.75) is 19.8 Å². The predicted octanol–water partition coefficient (Wildman–Crippen LogP) is 3.46. The second-order valence-electron chi connectivity index (χ2n) is 4.41. The van der Waals surface area contributed by atoms with Crippen molar-refractivity contribution in [1.29, 1.82) is 5.41 Å². The molecular weight excluding hydrogens is 257 g/mol. The maximum atomic E-state index is 7.80. The molecule has 1 aromatic carbocycles. The van der Waals surface area contributed by atoms with Crippen LogP contribution >= 0.6 is 23.2 Å². The molecule has 0 unspecified atom stereocenters. The summed E-state index contributed by atoms with van der Waals surface area (Å²) in [6.45, 7) is 5.67. The van der Waals surface area contributed by atoms with Crippen LogP contribution in [0.5, 0.6) is 0 Å². The topological polar surface area (TPSA) is 39.1 Å². The molecule has 17 heavy (non-hydrogen) atoms. The van der Waals surface area contributed by atoms with Crippen LogP contribution in [0.25, 0.3) is 0 Å². The fourth-order valence-electron chi connectivity index (χ4n) is 1.95. The standard InChI is InChI=1S/C12H15Cl2N3/c1-7(2)9-5-8(13)6-10(11(9)14)17-4-3-16-12(17)15/h5-7H,3-4H2,1-2H3,(H2,15,16). The average molecular weight is 272 g/mol. The normalized spacial score (nSPS) is 15.6. The first-order chi connectivity index (χ1) is 8.00. The van der Waals surface area contributed by atoms with Crippen LogP contribution < -0.4 is 10.2 Å². The second-order valence-corrected chi connectivity index (χ2v) is 5.22.